The Morgan fingerprint density at radius 3 is 2.71 bits per heavy atom. The number of amides is 1. The summed E-state index contributed by atoms with van der Waals surface area (Å²) in [6, 6.07) is 2.43. The van der Waals surface area contributed by atoms with Crippen LogP contribution < -0.4 is 5.32 Å². The molecule has 7 nitrogen and oxygen atoms in total. The molecule has 21 heavy (non-hydrogen) atoms. The van der Waals surface area contributed by atoms with Gasteiger partial charge in [0, 0.05) is 11.1 Å². The molecule has 0 spiro atoms. The average Bonchev–Trinajstić information content (AvgIpc) is 2.42. The second-order valence-corrected chi connectivity index (χ2v) is 5.49. The predicted octanol–water partition coefficient (Wildman–Crippen LogP) is 2.18. The summed E-state index contributed by atoms with van der Waals surface area (Å²) >= 11 is 7.16. The van der Waals surface area contributed by atoms with Gasteiger partial charge < -0.3 is 10.4 Å². The number of aliphatic carboxylic acids is 1. The maximum atomic E-state index is 12.1. The van der Waals surface area contributed by atoms with Crippen LogP contribution in [0.1, 0.15) is 16.8 Å². The second-order valence-electron chi connectivity index (χ2n) is 4.06. The zero-order chi connectivity index (χ0) is 16.0. The molecule has 0 saturated carbocycles. The molecule has 1 aromatic rings. The van der Waals surface area contributed by atoms with Gasteiger partial charge in [0.15, 0.2) is 0 Å². The topological polar surface area (TPSA) is 110 Å². The molecule has 2 N–H and O–H groups in total. The van der Waals surface area contributed by atoms with Crippen molar-refractivity contribution in [2.45, 2.75) is 12.5 Å². The first-order chi connectivity index (χ1) is 9.86. The van der Waals surface area contributed by atoms with Crippen molar-refractivity contribution in [1.29, 1.82) is 0 Å². The molecule has 9 heteroatoms. The molecular weight excluding hydrogens is 320 g/mol. The molecule has 1 atom stereocenters. The highest BCUT2D eigenvalue weighted by atomic mass is 35.5. The van der Waals surface area contributed by atoms with E-state index in [0.717, 1.165) is 12.1 Å². The number of carboxylic acids is 1. The first-order valence-corrected chi connectivity index (χ1v) is 7.60. The van der Waals surface area contributed by atoms with Gasteiger partial charge in [-0.15, -0.1) is 0 Å². The van der Waals surface area contributed by atoms with E-state index in [4.69, 9.17) is 16.7 Å². The number of nitrogens with zero attached hydrogens (tertiary/aromatic N) is 1. The zero-order valence-electron chi connectivity index (χ0n) is 11.0. The Balaban J connectivity index is 2.99. The maximum absolute atomic E-state index is 12.1. The van der Waals surface area contributed by atoms with Crippen molar-refractivity contribution in [2.75, 3.05) is 12.0 Å². The molecule has 0 radical (unpaired) electrons. The first-order valence-electron chi connectivity index (χ1n) is 5.83. The third-order valence-electron chi connectivity index (χ3n) is 2.61. The van der Waals surface area contributed by atoms with Crippen molar-refractivity contribution in [3.63, 3.8) is 0 Å². The van der Waals surface area contributed by atoms with Crippen LogP contribution in [-0.4, -0.2) is 40.0 Å². The van der Waals surface area contributed by atoms with E-state index in [9.17, 15) is 19.7 Å². The lowest BCUT2D eigenvalue weighted by Gasteiger charge is -2.14. The number of hydrogen-bond acceptors (Lipinski definition) is 5. The molecule has 0 fully saturated rings. The third-order valence-corrected chi connectivity index (χ3v) is 3.49. The number of hydrogen-bond donors (Lipinski definition) is 2. The van der Waals surface area contributed by atoms with E-state index < -0.39 is 28.5 Å². The molecular formula is C12H13ClN2O5S. The second kappa shape index (κ2) is 7.84. The Kier molecular flexibility index (Phi) is 6.44. The number of carbonyl (C=O) groups excluding carboxylic acids is 1. The summed E-state index contributed by atoms with van der Waals surface area (Å²) < 4.78 is 0. The van der Waals surface area contributed by atoms with E-state index in [-0.39, 0.29) is 17.0 Å². The smallest absolute Gasteiger partial charge is 0.326 e. The number of benzene rings is 1. The van der Waals surface area contributed by atoms with Crippen molar-refractivity contribution in [2.24, 2.45) is 0 Å². The number of carbonyl (C=O) groups is 2. The van der Waals surface area contributed by atoms with E-state index in [1.807, 2.05) is 6.26 Å². The number of halogens is 1. The SMILES string of the molecule is CSCC[C@H](NC(=O)c1cc(Cl)ccc1[N+](=O)[O-])C(=O)O. The monoisotopic (exact) mass is 332 g/mol. The zero-order valence-corrected chi connectivity index (χ0v) is 12.6. The Bertz CT molecular complexity index is 567. The normalized spacial score (nSPS) is 11.7. The lowest BCUT2D eigenvalue weighted by Crippen LogP contribution is -2.41. The van der Waals surface area contributed by atoms with Crippen LogP contribution in [0, 0.1) is 10.1 Å². The van der Waals surface area contributed by atoms with Gasteiger partial charge in [0.1, 0.15) is 11.6 Å². The van der Waals surface area contributed by atoms with E-state index in [1.54, 1.807) is 0 Å². The van der Waals surface area contributed by atoms with E-state index in [0.29, 0.717) is 5.75 Å². The largest absolute Gasteiger partial charge is 0.480 e. The van der Waals surface area contributed by atoms with Crippen LogP contribution in [-0.2, 0) is 4.79 Å². The predicted molar refractivity (Wildman–Crippen MR) is 80.0 cm³/mol. The van der Waals surface area contributed by atoms with E-state index >= 15 is 0 Å². The van der Waals surface area contributed by atoms with Crippen molar-refractivity contribution < 1.29 is 19.6 Å². The lowest BCUT2D eigenvalue weighted by molar-refractivity contribution is -0.385. The minimum atomic E-state index is -1.19. The summed E-state index contributed by atoms with van der Waals surface area (Å²) in [6.45, 7) is 0. The molecule has 0 bridgehead atoms. The van der Waals surface area contributed by atoms with E-state index in [2.05, 4.69) is 5.32 Å². The number of thioether (sulfide) groups is 1. The van der Waals surface area contributed by atoms with E-state index in [1.165, 1.54) is 17.8 Å². The summed E-state index contributed by atoms with van der Waals surface area (Å²) in [6.07, 6.45) is 2.03. The van der Waals surface area contributed by atoms with Crippen molar-refractivity contribution in [3.8, 4) is 0 Å². The Hall–Kier alpha value is -1.80. The van der Waals surface area contributed by atoms with Crippen LogP contribution in [0.2, 0.25) is 5.02 Å². The van der Waals surface area contributed by atoms with Crippen LogP contribution in [0.15, 0.2) is 18.2 Å². The van der Waals surface area contributed by atoms with Gasteiger partial charge in [0.25, 0.3) is 11.6 Å². The van der Waals surface area contributed by atoms with Crippen LogP contribution in [0.4, 0.5) is 5.69 Å². The molecule has 0 saturated heterocycles. The van der Waals surface area contributed by atoms with Gasteiger partial charge >= 0.3 is 5.97 Å². The van der Waals surface area contributed by atoms with Gasteiger partial charge in [-0.3, -0.25) is 14.9 Å². The number of nitro groups is 1. The fourth-order valence-corrected chi connectivity index (χ4v) is 2.22. The molecule has 0 aliphatic heterocycles. The van der Waals surface area contributed by atoms with Crippen molar-refractivity contribution in [3.05, 3.63) is 38.9 Å². The number of rotatable bonds is 7. The van der Waals surface area contributed by atoms with Crippen molar-refractivity contribution >= 4 is 40.9 Å². The molecule has 0 aromatic heterocycles. The summed E-state index contributed by atoms with van der Waals surface area (Å²) in [7, 11) is 0. The molecule has 0 aliphatic rings. The first kappa shape index (κ1) is 17.3. The summed E-state index contributed by atoms with van der Waals surface area (Å²) in [5.41, 5.74) is -0.686. The molecule has 1 amide bonds. The summed E-state index contributed by atoms with van der Waals surface area (Å²) in [4.78, 5) is 33.3. The minimum Gasteiger partial charge on any atom is -0.480 e. The lowest BCUT2D eigenvalue weighted by atomic mass is 10.1. The van der Waals surface area contributed by atoms with Crippen LogP contribution in [0.5, 0.6) is 0 Å². The fourth-order valence-electron chi connectivity index (χ4n) is 1.58. The molecule has 0 aliphatic carbocycles. The summed E-state index contributed by atoms with van der Waals surface area (Å²) in [5, 5.41) is 22.4. The highest BCUT2D eigenvalue weighted by Gasteiger charge is 2.25. The molecule has 0 heterocycles. The highest BCUT2D eigenvalue weighted by Crippen LogP contribution is 2.22. The quantitative estimate of drug-likeness (QED) is 0.585. The maximum Gasteiger partial charge on any atom is 0.326 e. The van der Waals surface area contributed by atoms with Crippen LogP contribution >= 0.6 is 23.4 Å². The van der Waals surface area contributed by atoms with Gasteiger partial charge in [-0.2, -0.15) is 11.8 Å². The van der Waals surface area contributed by atoms with Gasteiger partial charge in [-0.25, -0.2) is 4.79 Å². The molecule has 114 valence electrons. The number of carboxylic acid groups (broad SMARTS) is 1. The van der Waals surface area contributed by atoms with Gasteiger partial charge in [0.2, 0.25) is 0 Å². The van der Waals surface area contributed by atoms with Crippen LogP contribution in [0.25, 0.3) is 0 Å². The Morgan fingerprint density at radius 2 is 2.19 bits per heavy atom. The Labute approximate surface area is 129 Å². The minimum absolute atomic E-state index is 0.154. The fraction of sp³-hybridized carbons (Fsp3) is 0.333. The number of nitrogens with one attached hydrogen (secondary N) is 1. The highest BCUT2D eigenvalue weighted by molar-refractivity contribution is 7.98. The standard InChI is InChI=1S/C12H13ClN2O5S/c1-21-5-4-9(12(17)18)14-11(16)8-6-7(13)2-3-10(8)15(19)20/h2-3,6,9H,4-5H2,1H3,(H,14,16)(H,17,18)/t9-/m0/s1. The third kappa shape index (κ3) is 4.91. The Morgan fingerprint density at radius 1 is 1.52 bits per heavy atom. The molecule has 1 rings (SSSR count). The van der Waals surface area contributed by atoms with Crippen LogP contribution in [0.3, 0.4) is 0 Å². The average molecular weight is 333 g/mol. The van der Waals surface area contributed by atoms with Crippen molar-refractivity contribution in [1.82, 2.24) is 5.32 Å². The van der Waals surface area contributed by atoms with Gasteiger partial charge in [-0.1, -0.05) is 11.6 Å². The summed E-state index contributed by atoms with van der Waals surface area (Å²) in [5.74, 6) is -1.49. The molecule has 1 aromatic carbocycles. The van der Waals surface area contributed by atoms with Gasteiger partial charge in [0.05, 0.1) is 4.92 Å². The number of nitro benzene ring substituents is 1. The van der Waals surface area contributed by atoms with Gasteiger partial charge in [-0.05, 0) is 30.6 Å². The molecule has 0 unspecified atom stereocenters.